The van der Waals surface area contributed by atoms with Gasteiger partial charge in [-0.2, -0.15) is 17.0 Å². The molecule has 86 valence electrons. The Morgan fingerprint density at radius 3 is 2.94 bits per heavy atom. The van der Waals surface area contributed by atoms with Crippen molar-refractivity contribution in [3.8, 4) is 11.8 Å². The monoisotopic (exact) mass is 236 g/mol. The third-order valence-corrected chi connectivity index (χ3v) is 2.87. The Balaban J connectivity index is 2.62. The van der Waals surface area contributed by atoms with E-state index in [4.69, 9.17) is 10.00 Å². The first-order chi connectivity index (χ1) is 7.81. The van der Waals surface area contributed by atoms with Gasteiger partial charge in [0.05, 0.1) is 24.4 Å². The largest absolute Gasteiger partial charge is 0.495 e. The molecule has 0 aromatic heterocycles. The molecule has 0 spiro atoms. The Morgan fingerprint density at radius 1 is 1.50 bits per heavy atom. The second-order valence-corrected chi connectivity index (χ2v) is 4.29. The van der Waals surface area contributed by atoms with Crippen molar-refractivity contribution >= 4 is 17.4 Å². The van der Waals surface area contributed by atoms with Gasteiger partial charge in [0.2, 0.25) is 0 Å². The fourth-order valence-corrected chi connectivity index (χ4v) is 1.78. The quantitative estimate of drug-likeness (QED) is 0.771. The lowest BCUT2D eigenvalue weighted by atomic mass is 10.2. The van der Waals surface area contributed by atoms with Gasteiger partial charge in [-0.05, 0) is 30.6 Å². The van der Waals surface area contributed by atoms with E-state index in [1.54, 1.807) is 19.2 Å². The molecule has 0 aliphatic heterocycles. The van der Waals surface area contributed by atoms with Gasteiger partial charge in [0.1, 0.15) is 5.75 Å². The minimum atomic E-state index is 0.617. The van der Waals surface area contributed by atoms with E-state index < -0.39 is 0 Å². The van der Waals surface area contributed by atoms with Crippen LogP contribution in [0.3, 0.4) is 0 Å². The Morgan fingerprint density at radius 2 is 2.31 bits per heavy atom. The standard InChI is InChI=1S/C12H16N2OS/c1-15-12-8-10(9-13)4-5-11(12)14-6-3-7-16-2/h4-5,8,14H,3,6-7H2,1-2H3. The van der Waals surface area contributed by atoms with Crippen LogP contribution in [-0.2, 0) is 0 Å². The average Bonchev–Trinajstić information content (AvgIpc) is 2.34. The first-order valence-corrected chi connectivity index (χ1v) is 6.52. The van der Waals surface area contributed by atoms with Gasteiger partial charge in [-0.25, -0.2) is 0 Å². The molecule has 0 atom stereocenters. The first-order valence-electron chi connectivity index (χ1n) is 5.12. The van der Waals surface area contributed by atoms with Crippen molar-refractivity contribution in [3.05, 3.63) is 23.8 Å². The molecule has 0 fully saturated rings. The van der Waals surface area contributed by atoms with Crippen molar-refractivity contribution < 1.29 is 4.74 Å². The summed E-state index contributed by atoms with van der Waals surface area (Å²) >= 11 is 1.84. The van der Waals surface area contributed by atoms with Crippen molar-refractivity contribution in [2.24, 2.45) is 0 Å². The van der Waals surface area contributed by atoms with Crippen molar-refractivity contribution in [1.82, 2.24) is 0 Å². The molecule has 0 aliphatic rings. The van der Waals surface area contributed by atoms with Crippen molar-refractivity contribution in [2.45, 2.75) is 6.42 Å². The molecule has 0 saturated heterocycles. The lowest BCUT2D eigenvalue weighted by molar-refractivity contribution is 0.416. The van der Waals surface area contributed by atoms with Gasteiger partial charge in [-0.3, -0.25) is 0 Å². The first kappa shape index (κ1) is 12.7. The summed E-state index contributed by atoms with van der Waals surface area (Å²) in [4.78, 5) is 0. The summed E-state index contributed by atoms with van der Waals surface area (Å²) in [5.74, 6) is 1.87. The molecule has 0 heterocycles. The summed E-state index contributed by atoms with van der Waals surface area (Å²) in [6, 6.07) is 7.52. The van der Waals surface area contributed by atoms with Crippen molar-refractivity contribution in [2.75, 3.05) is 31.0 Å². The highest BCUT2D eigenvalue weighted by atomic mass is 32.2. The number of nitrogens with one attached hydrogen (secondary N) is 1. The number of ether oxygens (including phenoxy) is 1. The van der Waals surface area contributed by atoms with Crippen LogP contribution in [0.25, 0.3) is 0 Å². The summed E-state index contributed by atoms with van der Waals surface area (Å²) in [6.45, 7) is 0.920. The normalized spacial score (nSPS) is 9.56. The molecule has 1 rings (SSSR count). The number of hydrogen-bond acceptors (Lipinski definition) is 4. The topological polar surface area (TPSA) is 45.0 Å². The second kappa shape index (κ2) is 7.02. The second-order valence-electron chi connectivity index (χ2n) is 3.30. The molecule has 0 unspecified atom stereocenters. The molecule has 1 aromatic carbocycles. The fourth-order valence-electron chi connectivity index (χ4n) is 1.35. The van der Waals surface area contributed by atoms with Crippen LogP contribution in [0.1, 0.15) is 12.0 Å². The van der Waals surface area contributed by atoms with E-state index >= 15 is 0 Å². The van der Waals surface area contributed by atoms with E-state index in [2.05, 4.69) is 17.6 Å². The maximum Gasteiger partial charge on any atom is 0.143 e. The number of benzene rings is 1. The van der Waals surface area contributed by atoms with Gasteiger partial charge in [0.25, 0.3) is 0 Å². The smallest absolute Gasteiger partial charge is 0.143 e. The zero-order chi connectivity index (χ0) is 11.8. The van der Waals surface area contributed by atoms with Crippen LogP contribution in [0.2, 0.25) is 0 Å². The maximum atomic E-state index is 8.77. The van der Waals surface area contributed by atoms with Crippen LogP contribution in [0.15, 0.2) is 18.2 Å². The van der Waals surface area contributed by atoms with Crippen molar-refractivity contribution in [3.63, 3.8) is 0 Å². The predicted molar refractivity (Wildman–Crippen MR) is 69.2 cm³/mol. The molecule has 0 aliphatic carbocycles. The highest BCUT2D eigenvalue weighted by molar-refractivity contribution is 7.98. The molecular weight excluding hydrogens is 220 g/mol. The Bertz CT molecular complexity index is 374. The minimum Gasteiger partial charge on any atom is -0.495 e. The molecule has 0 amide bonds. The van der Waals surface area contributed by atoms with Gasteiger partial charge >= 0.3 is 0 Å². The van der Waals surface area contributed by atoms with Gasteiger partial charge in [0.15, 0.2) is 0 Å². The Hall–Kier alpha value is -1.34. The number of thioether (sulfide) groups is 1. The average molecular weight is 236 g/mol. The van der Waals surface area contributed by atoms with Crippen LogP contribution < -0.4 is 10.1 Å². The van der Waals surface area contributed by atoms with E-state index in [1.807, 2.05) is 17.8 Å². The molecule has 0 saturated carbocycles. The van der Waals surface area contributed by atoms with E-state index in [-0.39, 0.29) is 0 Å². The van der Waals surface area contributed by atoms with E-state index in [9.17, 15) is 0 Å². The summed E-state index contributed by atoms with van der Waals surface area (Å²) in [5, 5.41) is 12.1. The van der Waals surface area contributed by atoms with Crippen LogP contribution >= 0.6 is 11.8 Å². The van der Waals surface area contributed by atoms with Crippen molar-refractivity contribution in [1.29, 1.82) is 5.26 Å². The molecule has 4 heteroatoms. The molecule has 3 nitrogen and oxygen atoms in total. The van der Waals surface area contributed by atoms with Gasteiger partial charge < -0.3 is 10.1 Å². The van der Waals surface area contributed by atoms with Gasteiger partial charge in [-0.1, -0.05) is 0 Å². The van der Waals surface area contributed by atoms with Crippen LogP contribution in [0.4, 0.5) is 5.69 Å². The summed E-state index contributed by atoms with van der Waals surface area (Å²) in [6.07, 6.45) is 3.21. The third-order valence-electron chi connectivity index (χ3n) is 2.17. The number of rotatable bonds is 6. The van der Waals surface area contributed by atoms with E-state index in [0.717, 1.165) is 30.2 Å². The van der Waals surface area contributed by atoms with Crippen LogP contribution in [0, 0.1) is 11.3 Å². The molecule has 16 heavy (non-hydrogen) atoms. The SMILES string of the molecule is COc1cc(C#N)ccc1NCCCSC. The number of methoxy groups -OCH3 is 1. The zero-order valence-electron chi connectivity index (χ0n) is 9.62. The summed E-state index contributed by atoms with van der Waals surface area (Å²) < 4.78 is 5.23. The molecule has 0 radical (unpaired) electrons. The predicted octanol–water partition coefficient (Wildman–Crippen LogP) is 2.73. The number of hydrogen-bond donors (Lipinski definition) is 1. The Kier molecular flexibility index (Phi) is 5.58. The fraction of sp³-hybridized carbons (Fsp3) is 0.417. The molecule has 1 N–H and O–H groups in total. The number of nitriles is 1. The summed E-state index contributed by atoms with van der Waals surface area (Å²) in [5.41, 5.74) is 1.56. The molecule has 1 aromatic rings. The molecule has 0 bridgehead atoms. The van der Waals surface area contributed by atoms with Gasteiger partial charge in [0, 0.05) is 12.6 Å². The highest BCUT2D eigenvalue weighted by Crippen LogP contribution is 2.25. The highest BCUT2D eigenvalue weighted by Gasteiger charge is 2.03. The Labute approximate surface area is 101 Å². The number of anilines is 1. The molecular formula is C12H16N2OS. The maximum absolute atomic E-state index is 8.77. The lowest BCUT2D eigenvalue weighted by Gasteiger charge is -2.10. The zero-order valence-corrected chi connectivity index (χ0v) is 10.4. The number of nitrogens with zero attached hydrogens (tertiary/aromatic N) is 1. The lowest BCUT2D eigenvalue weighted by Crippen LogP contribution is -2.04. The van der Waals surface area contributed by atoms with Crippen LogP contribution in [-0.4, -0.2) is 25.7 Å². The van der Waals surface area contributed by atoms with Crippen LogP contribution in [0.5, 0.6) is 5.75 Å². The summed E-state index contributed by atoms with van der Waals surface area (Å²) in [7, 11) is 1.61. The minimum absolute atomic E-state index is 0.617. The third kappa shape index (κ3) is 3.67. The van der Waals surface area contributed by atoms with E-state index in [0.29, 0.717) is 5.56 Å². The van der Waals surface area contributed by atoms with Gasteiger partial charge in [-0.15, -0.1) is 0 Å². The van der Waals surface area contributed by atoms with E-state index in [1.165, 1.54) is 0 Å².